The van der Waals surface area contributed by atoms with Crippen molar-refractivity contribution < 1.29 is 18.7 Å². The maximum absolute atomic E-state index is 12.0. The van der Waals surface area contributed by atoms with Crippen LogP contribution in [0.15, 0.2) is 27.8 Å². The van der Waals surface area contributed by atoms with E-state index >= 15 is 0 Å². The molecular formula is C15H19N3O4S. The number of hydrogen-bond donors (Lipinski definition) is 1. The molecule has 0 atom stereocenters. The second-order valence-electron chi connectivity index (χ2n) is 5.00. The minimum atomic E-state index is -0.186. The molecule has 0 spiro atoms. The smallest absolute Gasteiger partial charge is 0.277 e. The Balaban J connectivity index is 1.93. The van der Waals surface area contributed by atoms with E-state index in [2.05, 4.69) is 15.5 Å². The Morgan fingerprint density at radius 2 is 1.87 bits per heavy atom. The highest BCUT2D eigenvalue weighted by molar-refractivity contribution is 7.99. The van der Waals surface area contributed by atoms with Crippen LogP contribution in [-0.4, -0.2) is 36.1 Å². The third kappa shape index (κ3) is 4.88. The quantitative estimate of drug-likeness (QED) is 0.777. The first kappa shape index (κ1) is 17.1. The molecule has 0 unspecified atom stereocenters. The van der Waals surface area contributed by atoms with Crippen LogP contribution in [0.5, 0.6) is 11.5 Å². The van der Waals surface area contributed by atoms with Crippen LogP contribution >= 0.6 is 11.8 Å². The molecule has 0 saturated carbocycles. The van der Waals surface area contributed by atoms with E-state index in [1.54, 1.807) is 32.4 Å². The van der Waals surface area contributed by atoms with E-state index in [0.29, 0.717) is 28.3 Å². The van der Waals surface area contributed by atoms with Gasteiger partial charge in [0.15, 0.2) is 0 Å². The summed E-state index contributed by atoms with van der Waals surface area (Å²) in [5.74, 6) is 1.91. The summed E-state index contributed by atoms with van der Waals surface area (Å²) in [5, 5.41) is 11.0. The van der Waals surface area contributed by atoms with Gasteiger partial charge in [-0.25, -0.2) is 0 Å². The minimum absolute atomic E-state index is 0.162. The van der Waals surface area contributed by atoms with Gasteiger partial charge in [-0.05, 0) is 0 Å². The number of carbonyl (C=O) groups excluding carboxylic acids is 1. The molecule has 2 rings (SSSR count). The molecule has 124 valence electrons. The number of carbonyl (C=O) groups is 1. The number of ether oxygens (including phenoxy) is 2. The van der Waals surface area contributed by atoms with E-state index in [1.165, 1.54) is 11.8 Å². The summed E-state index contributed by atoms with van der Waals surface area (Å²) in [7, 11) is 3.11. The van der Waals surface area contributed by atoms with Crippen LogP contribution in [0.2, 0.25) is 0 Å². The van der Waals surface area contributed by atoms with Gasteiger partial charge in [0.25, 0.3) is 5.22 Å². The van der Waals surface area contributed by atoms with Crippen molar-refractivity contribution in [3.05, 3.63) is 24.1 Å². The third-order valence-corrected chi connectivity index (χ3v) is 3.70. The van der Waals surface area contributed by atoms with Crippen molar-refractivity contribution in [3.8, 4) is 11.5 Å². The molecule has 0 saturated heterocycles. The van der Waals surface area contributed by atoms with Gasteiger partial charge in [0.2, 0.25) is 11.8 Å². The third-order valence-electron chi connectivity index (χ3n) is 2.88. The maximum atomic E-state index is 12.0. The number of amides is 1. The van der Waals surface area contributed by atoms with Gasteiger partial charge in [0.1, 0.15) is 11.5 Å². The molecule has 1 aromatic carbocycles. The van der Waals surface area contributed by atoms with Gasteiger partial charge in [0, 0.05) is 29.8 Å². The molecule has 1 heterocycles. The second kappa shape index (κ2) is 7.87. The summed E-state index contributed by atoms with van der Waals surface area (Å²) in [6.07, 6.45) is 0. The maximum Gasteiger partial charge on any atom is 0.277 e. The molecule has 1 N–H and O–H groups in total. The molecule has 2 aromatic rings. The lowest BCUT2D eigenvalue weighted by atomic mass is 10.2. The molecule has 23 heavy (non-hydrogen) atoms. The van der Waals surface area contributed by atoms with E-state index in [9.17, 15) is 4.79 Å². The number of thioether (sulfide) groups is 1. The Bertz CT molecular complexity index is 650. The molecule has 0 aliphatic heterocycles. The number of benzene rings is 1. The molecular weight excluding hydrogens is 318 g/mol. The number of methoxy groups -OCH3 is 2. The molecule has 0 bridgehead atoms. The first-order chi connectivity index (χ1) is 11.0. The lowest BCUT2D eigenvalue weighted by Gasteiger charge is -2.09. The Labute approximate surface area is 138 Å². The van der Waals surface area contributed by atoms with Gasteiger partial charge >= 0.3 is 0 Å². The van der Waals surface area contributed by atoms with E-state index in [1.807, 2.05) is 13.8 Å². The molecule has 1 amide bonds. The SMILES string of the molecule is COc1cc(NC(=O)CSc2nnc(C(C)C)o2)cc(OC)c1. The zero-order valence-electron chi connectivity index (χ0n) is 13.5. The van der Waals surface area contributed by atoms with E-state index < -0.39 is 0 Å². The van der Waals surface area contributed by atoms with Crippen molar-refractivity contribution in [1.29, 1.82) is 0 Å². The second-order valence-corrected chi connectivity index (χ2v) is 5.93. The van der Waals surface area contributed by atoms with Crippen molar-refractivity contribution in [2.75, 3.05) is 25.3 Å². The summed E-state index contributed by atoms with van der Waals surface area (Å²) in [6, 6.07) is 5.17. The van der Waals surface area contributed by atoms with Crippen LogP contribution in [0, 0.1) is 0 Å². The Kier molecular flexibility index (Phi) is 5.86. The molecule has 0 radical (unpaired) electrons. The fourth-order valence-electron chi connectivity index (χ4n) is 1.72. The predicted molar refractivity (Wildman–Crippen MR) is 87.3 cm³/mol. The largest absolute Gasteiger partial charge is 0.497 e. The van der Waals surface area contributed by atoms with Crippen molar-refractivity contribution >= 4 is 23.4 Å². The van der Waals surface area contributed by atoms with Crippen LogP contribution in [0.25, 0.3) is 0 Å². The van der Waals surface area contributed by atoms with Crippen LogP contribution in [0.3, 0.4) is 0 Å². The topological polar surface area (TPSA) is 86.5 Å². The summed E-state index contributed by atoms with van der Waals surface area (Å²) < 4.78 is 15.8. The molecule has 0 aliphatic carbocycles. The number of nitrogens with zero attached hydrogens (tertiary/aromatic N) is 2. The summed E-state index contributed by atoms with van der Waals surface area (Å²) in [6.45, 7) is 3.93. The van der Waals surface area contributed by atoms with E-state index in [-0.39, 0.29) is 17.6 Å². The van der Waals surface area contributed by atoms with Gasteiger partial charge in [-0.3, -0.25) is 4.79 Å². The Hall–Kier alpha value is -2.22. The number of aromatic nitrogens is 2. The Morgan fingerprint density at radius 3 is 2.39 bits per heavy atom. The van der Waals surface area contributed by atoms with Gasteiger partial charge in [-0.15, -0.1) is 10.2 Å². The lowest BCUT2D eigenvalue weighted by molar-refractivity contribution is -0.113. The summed E-state index contributed by atoms with van der Waals surface area (Å²) >= 11 is 1.19. The van der Waals surface area contributed by atoms with E-state index in [0.717, 1.165) is 0 Å². The van der Waals surface area contributed by atoms with Crippen LogP contribution in [0.4, 0.5) is 5.69 Å². The predicted octanol–water partition coefficient (Wildman–Crippen LogP) is 2.94. The monoisotopic (exact) mass is 337 g/mol. The molecule has 7 nitrogen and oxygen atoms in total. The van der Waals surface area contributed by atoms with Gasteiger partial charge in [-0.1, -0.05) is 25.6 Å². The zero-order chi connectivity index (χ0) is 16.8. The van der Waals surface area contributed by atoms with Crippen LogP contribution in [-0.2, 0) is 4.79 Å². The molecule has 0 aliphatic rings. The zero-order valence-corrected chi connectivity index (χ0v) is 14.3. The first-order valence-electron chi connectivity index (χ1n) is 7.01. The molecule has 1 aromatic heterocycles. The number of nitrogens with one attached hydrogen (secondary N) is 1. The first-order valence-corrected chi connectivity index (χ1v) is 7.99. The fourth-order valence-corrected chi connectivity index (χ4v) is 2.29. The standard InChI is InChI=1S/C15H19N3O4S/c1-9(2)14-17-18-15(22-14)23-8-13(19)16-10-5-11(20-3)7-12(6-10)21-4/h5-7,9H,8H2,1-4H3,(H,16,19). The van der Waals surface area contributed by atoms with Crippen molar-refractivity contribution in [3.63, 3.8) is 0 Å². The van der Waals surface area contributed by atoms with Gasteiger partial charge < -0.3 is 19.2 Å². The molecule has 8 heteroatoms. The fraction of sp³-hybridized carbons (Fsp3) is 0.400. The number of hydrogen-bond acceptors (Lipinski definition) is 7. The lowest BCUT2D eigenvalue weighted by Crippen LogP contribution is -2.14. The highest BCUT2D eigenvalue weighted by Gasteiger charge is 2.12. The highest BCUT2D eigenvalue weighted by atomic mass is 32.2. The Morgan fingerprint density at radius 1 is 1.22 bits per heavy atom. The molecule has 0 fully saturated rings. The van der Waals surface area contributed by atoms with Crippen LogP contribution < -0.4 is 14.8 Å². The number of anilines is 1. The summed E-state index contributed by atoms with van der Waals surface area (Å²) in [5.41, 5.74) is 0.597. The van der Waals surface area contributed by atoms with Crippen molar-refractivity contribution in [1.82, 2.24) is 10.2 Å². The van der Waals surface area contributed by atoms with Crippen molar-refractivity contribution in [2.24, 2.45) is 0 Å². The average molecular weight is 337 g/mol. The number of rotatable bonds is 7. The highest BCUT2D eigenvalue weighted by Crippen LogP contribution is 2.26. The normalized spacial score (nSPS) is 10.7. The average Bonchev–Trinajstić information content (AvgIpc) is 3.01. The van der Waals surface area contributed by atoms with Crippen molar-refractivity contribution in [2.45, 2.75) is 25.0 Å². The van der Waals surface area contributed by atoms with Gasteiger partial charge in [-0.2, -0.15) is 0 Å². The van der Waals surface area contributed by atoms with E-state index in [4.69, 9.17) is 13.9 Å². The van der Waals surface area contributed by atoms with Gasteiger partial charge in [0.05, 0.1) is 20.0 Å². The minimum Gasteiger partial charge on any atom is -0.497 e. The summed E-state index contributed by atoms with van der Waals surface area (Å²) in [4.78, 5) is 12.0. The van der Waals surface area contributed by atoms with Crippen LogP contribution in [0.1, 0.15) is 25.7 Å².